The van der Waals surface area contributed by atoms with Crippen molar-refractivity contribution in [2.24, 2.45) is 5.92 Å². The van der Waals surface area contributed by atoms with Gasteiger partial charge in [0.15, 0.2) is 0 Å². The lowest BCUT2D eigenvalue weighted by molar-refractivity contribution is -0.142. The van der Waals surface area contributed by atoms with Gasteiger partial charge in [0.05, 0.1) is 12.5 Å². The molecule has 1 rings (SSSR count). The molecule has 1 amide bonds. The van der Waals surface area contributed by atoms with Crippen molar-refractivity contribution in [3.05, 3.63) is 12.7 Å². The van der Waals surface area contributed by atoms with E-state index >= 15 is 0 Å². The number of carboxylic acids is 1. The van der Waals surface area contributed by atoms with Crippen LogP contribution in [0.3, 0.4) is 0 Å². The summed E-state index contributed by atoms with van der Waals surface area (Å²) in [7, 11) is 0. The summed E-state index contributed by atoms with van der Waals surface area (Å²) in [5.74, 6) is -1.22. The van der Waals surface area contributed by atoms with E-state index in [1.807, 2.05) is 9.80 Å². The summed E-state index contributed by atoms with van der Waals surface area (Å²) >= 11 is 0. The van der Waals surface area contributed by atoms with E-state index in [2.05, 4.69) is 6.58 Å². The molecule has 0 spiro atoms. The Morgan fingerprint density at radius 3 is 2.56 bits per heavy atom. The summed E-state index contributed by atoms with van der Waals surface area (Å²) in [6, 6.07) is 0. The molecular formula is C13H22N2O3. The van der Waals surface area contributed by atoms with Gasteiger partial charge in [-0.05, 0) is 12.8 Å². The predicted molar refractivity (Wildman–Crippen MR) is 69.3 cm³/mol. The molecule has 5 nitrogen and oxygen atoms in total. The standard InChI is InChI=1S/C13H22N2O3/c1-3-6-14(9-11(2)13(17)18)10-12(16)15-7-4-5-8-15/h3,11H,1,4-10H2,2H3,(H,17,18). The minimum absolute atomic E-state index is 0.0898. The van der Waals surface area contributed by atoms with Crippen LogP contribution in [-0.2, 0) is 9.59 Å². The summed E-state index contributed by atoms with van der Waals surface area (Å²) in [4.78, 5) is 26.5. The van der Waals surface area contributed by atoms with Crippen LogP contribution in [0.5, 0.6) is 0 Å². The molecule has 0 aromatic heterocycles. The molecule has 18 heavy (non-hydrogen) atoms. The van der Waals surface area contributed by atoms with Gasteiger partial charge in [-0.1, -0.05) is 13.0 Å². The van der Waals surface area contributed by atoms with Crippen molar-refractivity contribution in [1.29, 1.82) is 0 Å². The number of carboxylic acid groups (broad SMARTS) is 1. The number of amides is 1. The normalized spacial score (nSPS) is 16.9. The van der Waals surface area contributed by atoms with E-state index in [1.54, 1.807) is 13.0 Å². The Labute approximate surface area is 108 Å². The number of hydrogen-bond acceptors (Lipinski definition) is 3. The molecule has 1 unspecified atom stereocenters. The number of hydrogen-bond donors (Lipinski definition) is 1. The average molecular weight is 254 g/mol. The van der Waals surface area contributed by atoms with Crippen molar-refractivity contribution in [2.45, 2.75) is 19.8 Å². The molecule has 1 heterocycles. The molecule has 1 atom stereocenters. The predicted octanol–water partition coefficient (Wildman–Crippen LogP) is 0.817. The molecule has 0 aliphatic carbocycles. The quantitative estimate of drug-likeness (QED) is 0.683. The maximum Gasteiger partial charge on any atom is 0.307 e. The Bertz CT molecular complexity index is 311. The number of carbonyl (C=O) groups is 2. The fourth-order valence-corrected chi connectivity index (χ4v) is 2.11. The third-order valence-corrected chi connectivity index (χ3v) is 3.16. The van der Waals surface area contributed by atoms with E-state index in [9.17, 15) is 9.59 Å². The Kier molecular flexibility index (Phi) is 5.85. The molecule has 0 aromatic carbocycles. The van der Waals surface area contributed by atoms with Crippen LogP contribution in [0.2, 0.25) is 0 Å². The van der Waals surface area contributed by atoms with E-state index in [0.29, 0.717) is 13.1 Å². The summed E-state index contributed by atoms with van der Waals surface area (Å²) < 4.78 is 0. The average Bonchev–Trinajstić information content (AvgIpc) is 2.82. The maximum absolute atomic E-state index is 12.0. The van der Waals surface area contributed by atoms with Crippen LogP contribution >= 0.6 is 0 Å². The fraction of sp³-hybridized carbons (Fsp3) is 0.692. The van der Waals surface area contributed by atoms with Gasteiger partial charge in [-0.3, -0.25) is 14.5 Å². The molecule has 1 aliphatic heterocycles. The highest BCUT2D eigenvalue weighted by Gasteiger charge is 2.22. The highest BCUT2D eigenvalue weighted by Crippen LogP contribution is 2.09. The molecule has 1 saturated heterocycles. The molecule has 0 saturated carbocycles. The monoisotopic (exact) mass is 254 g/mol. The van der Waals surface area contributed by atoms with Crippen LogP contribution in [0.15, 0.2) is 12.7 Å². The Morgan fingerprint density at radius 2 is 2.06 bits per heavy atom. The van der Waals surface area contributed by atoms with E-state index in [1.165, 1.54) is 0 Å². The molecule has 102 valence electrons. The van der Waals surface area contributed by atoms with Crippen LogP contribution < -0.4 is 0 Å². The van der Waals surface area contributed by atoms with Gasteiger partial charge in [-0.2, -0.15) is 0 Å². The van der Waals surface area contributed by atoms with Crippen LogP contribution in [0.4, 0.5) is 0 Å². The third-order valence-electron chi connectivity index (χ3n) is 3.16. The molecule has 0 bridgehead atoms. The van der Waals surface area contributed by atoms with E-state index in [0.717, 1.165) is 25.9 Å². The molecule has 1 N–H and O–H groups in total. The second kappa shape index (κ2) is 7.16. The Hall–Kier alpha value is -1.36. The molecule has 1 aliphatic rings. The third kappa shape index (κ3) is 4.49. The van der Waals surface area contributed by atoms with Gasteiger partial charge in [0.25, 0.3) is 0 Å². The van der Waals surface area contributed by atoms with Gasteiger partial charge >= 0.3 is 5.97 Å². The summed E-state index contributed by atoms with van der Waals surface area (Å²) in [5, 5.41) is 8.90. The first kappa shape index (κ1) is 14.7. The molecular weight excluding hydrogens is 232 g/mol. The number of likely N-dealkylation sites (tertiary alicyclic amines) is 1. The fourth-order valence-electron chi connectivity index (χ4n) is 2.11. The lowest BCUT2D eigenvalue weighted by Gasteiger charge is -2.25. The number of aliphatic carboxylic acids is 1. The van der Waals surface area contributed by atoms with Crippen LogP contribution in [-0.4, -0.2) is 59.5 Å². The number of nitrogens with zero attached hydrogens (tertiary/aromatic N) is 2. The number of rotatable bonds is 7. The SMILES string of the molecule is C=CCN(CC(=O)N1CCCC1)CC(C)C(=O)O. The highest BCUT2D eigenvalue weighted by molar-refractivity contribution is 5.78. The lowest BCUT2D eigenvalue weighted by atomic mass is 10.1. The van der Waals surface area contributed by atoms with Crippen molar-refractivity contribution in [3.63, 3.8) is 0 Å². The van der Waals surface area contributed by atoms with Gasteiger partial charge in [0.2, 0.25) is 5.91 Å². The van der Waals surface area contributed by atoms with Crippen molar-refractivity contribution in [2.75, 3.05) is 32.7 Å². The van der Waals surface area contributed by atoms with Crippen LogP contribution in [0.1, 0.15) is 19.8 Å². The molecule has 5 heteroatoms. The van der Waals surface area contributed by atoms with Crippen molar-refractivity contribution in [1.82, 2.24) is 9.80 Å². The van der Waals surface area contributed by atoms with Crippen molar-refractivity contribution >= 4 is 11.9 Å². The first-order valence-corrected chi connectivity index (χ1v) is 6.38. The molecule has 0 aromatic rings. The summed E-state index contributed by atoms with van der Waals surface area (Å²) in [6.07, 6.45) is 3.84. The van der Waals surface area contributed by atoms with E-state index < -0.39 is 11.9 Å². The number of carbonyl (C=O) groups excluding carboxylic acids is 1. The van der Waals surface area contributed by atoms with Gasteiger partial charge in [0.1, 0.15) is 0 Å². The zero-order valence-corrected chi connectivity index (χ0v) is 11.0. The zero-order valence-electron chi connectivity index (χ0n) is 11.0. The van der Waals surface area contributed by atoms with Crippen LogP contribution in [0.25, 0.3) is 0 Å². The highest BCUT2D eigenvalue weighted by atomic mass is 16.4. The maximum atomic E-state index is 12.0. The largest absolute Gasteiger partial charge is 0.481 e. The van der Waals surface area contributed by atoms with Gasteiger partial charge < -0.3 is 10.0 Å². The second-order valence-corrected chi connectivity index (χ2v) is 4.81. The lowest BCUT2D eigenvalue weighted by Crippen LogP contribution is -2.41. The molecule has 1 fully saturated rings. The molecule has 0 radical (unpaired) electrons. The van der Waals surface area contributed by atoms with Gasteiger partial charge in [-0.15, -0.1) is 6.58 Å². The van der Waals surface area contributed by atoms with Crippen molar-refractivity contribution < 1.29 is 14.7 Å². The summed E-state index contributed by atoms with van der Waals surface area (Å²) in [6.45, 7) is 8.15. The minimum atomic E-state index is -0.835. The topological polar surface area (TPSA) is 60.9 Å². The first-order chi connectivity index (χ1) is 8.54. The van der Waals surface area contributed by atoms with Gasteiger partial charge in [-0.25, -0.2) is 0 Å². The Morgan fingerprint density at radius 1 is 1.44 bits per heavy atom. The van der Waals surface area contributed by atoms with Crippen LogP contribution in [0, 0.1) is 5.92 Å². The smallest absolute Gasteiger partial charge is 0.307 e. The first-order valence-electron chi connectivity index (χ1n) is 6.38. The summed E-state index contributed by atoms with van der Waals surface area (Å²) in [5.41, 5.74) is 0. The zero-order chi connectivity index (χ0) is 13.5. The van der Waals surface area contributed by atoms with Gasteiger partial charge in [0, 0.05) is 26.2 Å². The van der Waals surface area contributed by atoms with E-state index in [-0.39, 0.29) is 12.5 Å². The van der Waals surface area contributed by atoms with E-state index in [4.69, 9.17) is 5.11 Å². The van der Waals surface area contributed by atoms with Crippen molar-refractivity contribution in [3.8, 4) is 0 Å². The second-order valence-electron chi connectivity index (χ2n) is 4.81. The minimum Gasteiger partial charge on any atom is -0.481 e. The Balaban J connectivity index is 2.47.